The van der Waals surface area contributed by atoms with Crippen molar-refractivity contribution in [3.05, 3.63) is 50.3 Å². The molecule has 0 saturated heterocycles. The van der Waals surface area contributed by atoms with Crippen molar-refractivity contribution in [1.82, 2.24) is 4.57 Å². The molecule has 0 aliphatic rings. The Bertz CT molecular complexity index is 1040. The molecule has 0 aliphatic carbocycles. The average molecular weight is 487 g/mol. The zero-order valence-corrected chi connectivity index (χ0v) is 21.9. The predicted octanol–water partition coefficient (Wildman–Crippen LogP) is 7.57. The van der Waals surface area contributed by atoms with E-state index in [1.807, 2.05) is 19.9 Å². The summed E-state index contributed by atoms with van der Waals surface area (Å²) in [5.74, 6) is 0.575. The monoisotopic (exact) mass is 486 g/mol. The molecular weight excluding hydrogens is 444 g/mol. The summed E-state index contributed by atoms with van der Waals surface area (Å²) >= 11 is 0. The second-order valence-electron chi connectivity index (χ2n) is 9.34. The van der Waals surface area contributed by atoms with Gasteiger partial charge in [0.2, 0.25) is 5.75 Å². The van der Waals surface area contributed by atoms with Gasteiger partial charge >= 0.3 is 0 Å². The van der Waals surface area contributed by atoms with Crippen molar-refractivity contribution in [3.8, 4) is 11.5 Å². The predicted molar refractivity (Wildman–Crippen MR) is 143 cm³/mol. The van der Waals surface area contributed by atoms with Gasteiger partial charge in [0, 0.05) is 24.1 Å². The molecular formula is C28H42N2O5. The SMILES string of the molecule is CCCCCCCCOc1c(OCC=C(C)C)c2ccc([N+](=O)[O-])cc2n(CCCCCC)c1=O. The van der Waals surface area contributed by atoms with Gasteiger partial charge in [0.15, 0.2) is 5.75 Å². The maximum atomic E-state index is 13.6. The summed E-state index contributed by atoms with van der Waals surface area (Å²) in [7, 11) is 0. The van der Waals surface area contributed by atoms with Crippen molar-refractivity contribution < 1.29 is 14.4 Å². The number of aromatic nitrogens is 1. The van der Waals surface area contributed by atoms with Gasteiger partial charge in [0.25, 0.3) is 11.2 Å². The molecule has 0 saturated carbocycles. The number of nitro groups is 1. The van der Waals surface area contributed by atoms with Crippen molar-refractivity contribution in [2.75, 3.05) is 13.2 Å². The minimum Gasteiger partial charge on any atom is -0.485 e. The Morgan fingerprint density at radius 3 is 2.26 bits per heavy atom. The van der Waals surface area contributed by atoms with Crippen LogP contribution in [0.1, 0.15) is 91.9 Å². The van der Waals surface area contributed by atoms with Gasteiger partial charge in [0.05, 0.1) is 17.0 Å². The number of ether oxygens (including phenoxy) is 2. The Kier molecular flexibility index (Phi) is 12.4. The first kappa shape index (κ1) is 28.4. The van der Waals surface area contributed by atoms with Gasteiger partial charge in [-0.15, -0.1) is 0 Å². The molecule has 7 heteroatoms. The fourth-order valence-electron chi connectivity index (χ4n) is 4.04. The van der Waals surface area contributed by atoms with Crippen LogP contribution in [0.25, 0.3) is 10.9 Å². The number of hydrogen-bond acceptors (Lipinski definition) is 5. The molecule has 35 heavy (non-hydrogen) atoms. The number of fused-ring (bicyclic) bond motifs is 1. The van der Waals surface area contributed by atoms with Gasteiger partial charge in [-0.25, -0.2) is 0 Å². The highest BCUT2D eigenvalue weighted by molar-refractivity contribution is 5.89. The lowest BCUT2D eigenvalue weighted by Crippen LogP contribution is -2.24. The van der Waals surface area contributed by atoms with E-state index in [0.717, 1.165) is 50.5 Å². The molecule has 7 nitrogen and oxygen atoms in total. The molecule has 1 aromatic carbocycles. The standard InChI is InChI=1S/C28H42N2O5/c1-5-7-9-11-12-14-19-34-27-26(35-20-17-22(3)4)24-16-15-23(30(32)33)21-25(24)29(28(27)31)18-13-10-8-6-2/h15-17,21H,5-14,18-20H2,1-4H3. The smallest absolute Gasteiger partial charge is 0.297 e. The number of hydrogen-bond donors (Lipinski definition) is 0. The number of non-ortho nitro benzene ring substituents is 1. The molecule has 1 aromatic heterocycles. The molecule has 0 bridgehead atoms. The number of aryl methyl sites for hydroxylation is 1. The van der Waals surface area contributed by atoms with Crippen LogP contribution in [0.4, 0.5) is 5.69 Å². The van der Waals surface area contributed by atoms with E-state index in [9.17, 15) is 14.9 Å². The highest BCUT2D eigenvalue weighted by atomic mass is 16.6. The Morgan fingerprint density at radius 1 is 0.943 bits per heavy atom. The first-order valence-corrected chi connectivity index (χ1v) is 13.1. The van der Waals surface area contributed by atoms with Gasteiger partial charge in [0.1, 0.15) is 6.61 Å². The van der Waals surface area contributed by atoms with Crippen molar-refractivity contribution in [3.63, 3.8) is 0 Å². The minimum atomic E-state index is -0.433. The summed E-state index contributed by atoms with van der Waals surface area (Å²) in [5, 5.41) is 12.1. The first-order chi connectivity index (χ1) is 16.9. The fraction of sp³-hybridized carbons (Fsp3) is 0.607. The molecule has 0 spiro atoms. The van der Waals surface area contributed by atoms with E-state index in [0.29, 0.717) is 36.4 Å². The molecule has 0 unspecified atom stereocenters. The van der Waals surface area contributed by atoms with E-state index in [1.165, 1.54) is 31.4 Å². The van der Waals surface area contributed by atoms with E-state index in [2.05, 4.69) is 13.8 Å². The van der Waals surface area contributed by atoms with E-state index >= 15 is 0 Å². The first-order valence-electron chi connectivity index (χ1n) is 13.1. The highest BCUT2D eigenvalue weighted by Gasteiger charge is 2.21. The summed E-state index contributed by atoms with van der Waals surface area (Å²) in [6.07, 6.45) is 12.7. The van der Waals surface area contributed by atoms with Crippen LogP contribution in [0, 0.1) is 10.1 Å². The van der Waals surface area contributed by atoms with Gasteiger partial charge in [-0.2, -0.15) is 0 Å². The van der Waals surface area contributed by atoms with Crippen LogP contribution in [0.5, 0.6) is 11.5 Å². The number of pyridine rings is 1. The molecule has 0 fully saturated rings. The molecule has 194 valence electrons. The van der Waals surface area contributed by atoms with E-state index in [-0.39, 0.29) is 17.0 Å². The van der Waals surface area contributed by atoms with Crippen LogP contribution < -0.4 is 15.0 Å². The minimum absolute atomic E-state index is 0.0461. The summed E-state index contributed by atoms with van der Waals surface area (Å²) in [6.45, 7) is 9.51. The van der Waals surface area contributed by atoms with Crippen LogP contribution in [-0.2, 0) is 6.54 Å². The Hall–Kier alpha value is -2.83. The Morgan fingerprint density at radius 2 is 1.60 bits per heavy atom. The highest BCUT2D eigenvalue weighted by Crippen LogP contribution is 2.35. The van der Waals surface area contributed by atoms with Crippen molar-refractivity contribution in [1.29, 1.82) is 0 Å². The maximum Gasteiger partial charge on any atom is 0.297 e. The molecule has 0 atom stereocenters. The third-order valence-corrected chi connectivity index (χ3v) is 6.07. The summed E-state index contributed by atoms with van der Waals surface area (Å²) < 4.78 is 13.8. The van der Waals surface area contributed by atoms with Crippen molar-refractivity contribution in [2.24, 2.45) is 0 Å². The van der Waals surface area contributed by atoms with Crippen LogP contribution >= 0.6 is 0 Å². The maximum absolute atomic E-state index is 13.6. The number of allylic oxidation sites excluding steroid dienone is 1. The van der Waals surface area contributed by atoms with Gasteiger partial charge in [-0.05, 0) is 38.8 Å². The average Bonchev–Trinajstić information content (AvgIpc) is 2.83. The molecule has 2 aromatic rings. The summed E-state index contributed by atoms with van der Waals surface area (Å²) in [5.41, 5.74) is 1.28. The van der Waals surface area contributed by atoms with Gasteiger partial charge in [-0.1, -0.05) is 70.8 Å². The summed E-state index contributed by atoms with van der Waals surface area (Å²) in [4.78, 5) is 24.7. The Balaban J connectivity index is 2.46. The molecule has 0 amide bonds. The van der Waals surface area contributed by atoms with E-state index in [1.54, 1.807) is 10.6 Å². The molecule has 1 heterocycles. The quantitative estimate of drug-likeness (QED) is 0.0996. The largest absolute Gasteiger partial charge is 0.485 e. The molecule has 0 aliphatic heterocycles. The van der Waals surface area contributed by atoms with Crippen LogP contribution in [0.2, 0.25) is 0 Å². The zero-order valence-electron chi connectivity index (χ0n) is 21.9. The Labute approximate surface area is 209 Å². The molecule has 2 rings (SSSR count). The summed E-state index contributed by atoms with van der Waals surface area (Å²) in [6, 6.07) is 4.60. The number of nitro benzene ring substituents is 1. The second-order valence-corrected chi connectivity index (χ2v) is 9.34. The lowest BCUT2D eigenvalue weighted by atomic mass is 10.1. The van der Waals surface area contributed by atoms with E-state index in [4.69, 9.17) is 9.47 Å². The number of unbranched alkanes of at least 4 members (excludes halogenated alkanes) is 8. The number of rotatable bonds is 17. The van der Waals surface area contributed by atoms with Crippen LogP contribution in [0.3, 0.4) is 0 Å². The van der Waals surface area contributed by atoms with Crippen molar-refractivity contribution in [2.45, 2.75) is 98.4 Å². The fourth-order valence-corrected chi connectivity index (χ4v) is 4.04. The normalized spacial score (nSPS) is 11.0. The van der Waals surface area contributed by atoms with Gasteiger partial charge < -0.3 is 14.0 Å². The second kappa shape index (κ2) is 15.2. The van der Waals surface area contributed by atoms with Crippen LogP contribution in [0.15, 0.2) is 34.6 Å². The number of nitrogens with zero attached hydrogens (tertiary/aromatic N) is 2. The molecule has 0 N–H and O–H groups in total. The van der Waals surface area contributed by atoms with Crippen LogP contribution in [-0.4, -0.2) is 22.7 Å². The third kappa shape index (κ3) is 8.71. The third-order valence-electron chi connectivity index (χ3n) is 6.07. The van der Waals surface area contributed by atoms with Gasteiger partial charge in [-0.3, -0.25) is 14.9 Å². The lowest BCUT2D eigenvalue weighted by Gasteiger charge is -2.18. The van der Waals surface area contributed by atoms with Crippen molar-refractivity contribution >= 4 is 16.6 Å². The molecule has 0 radical (unpaired) electrons. The zero-order chi connectivity index (χ0) is 25.6. The lowest BCUT2D eigenvalue weighted by molar-refractivity contribution is -0.384. The van der Waals surface area contributed by atoms with E-state index < -0.39 is 4.92 Å². The topological polar surface area (TPSA) is 83.6 Å². The number of benzene rings is 1.